The number of imidazole rings is 1. The Bertz CT molecular complexity index is 1030. The molecule has 2 N–H and O–H groups in total. The second-order valence-corrected chi connectivity index (χ2v) is 11.8. The minimum atomic E-state index is -3.66. The lowest BCUT2D eigenvalue weighted by atomic mass is 9.67. The summed E-state index contributed by atoms with van der Waals surface area (Å²) < 4.78 is 54.1. The number of halogens is 2. The van der Waals surface area contributed by atoms with Gasteiger partial charge in [0.05, 0.1) is 22.0 Å². The first-order valence-corrected chi connectivity index (χ1v) is 11.9. The maximum absolute atomic E-state index is 13.7. The van der Waals surface area contributed by atoms with Crippen molar-refractivity contribution in [2.45, 2.75) is 69.3 Å². The number of nitrogens with zero attached hydrogens (tertiary/aromatic N) is 2. The lowest BCUT2D eigenvalue weighted by Gasteiger charge is -2.39. The van der Waals surface area contributed by atoms with Gasteiger partial charge in [0, 0.05) is 31.8 Å². The molecular formula is C21H29F2N3O3S. The minimum absolute atomic E-state index is 0.0356. The van der Waals surface area contributed by atoms with Crippen molar-refractivity contribution in [3.05, 3.63) is 24.0 Å². The van der Waals surface area contributed by atoms with Gasteiger partial charge in [0.25, 0.3) is 0 Å². The van der Waals surface area contributed by atoms with Crippen LogP contribution < -0.4 is 0 Å². The van der Waals surface area contributed by atoms with Crippen LogP contribution in [0.5, 0.6) is 0 Å². The first-order valence-electron chi connectivity index (χ1n) is 10.4. The van der Waals surface area contributed by atoms with E-state index in [1.54, 1.807) is 12.1 Å². The Balaban J connectivity index is 1.66. The molecule has 1 saturated heterocycles. The molecule has 1 aliphatic heterocycles. The molecule has 2 aliphatic rings. The molecule has 1 aliphatic carbocycles. The topological polar surface area (TPSA) is 86.3 Å². The van der Waals surface area contributed by atoms with E-state index < -0.39 is 22.0 Å². The quantitative estimate of drug-likeness (QED) is 0.754. The number of sulfonamides is 1. The van der Waals surface area contributed by atoms with Crippen LogP contribution in [0.25, 0.3) is 11.0 Å². The Labute approximate surface area is 175 Å². The van der Waals surface area contributed by atoms with Crippen LogP contribution in [0, 0.1) is 11.3 Å². The normalized spacial score (nSPS) is 22.9. The summed E-state index contributed by atoms with van der Waals surface area (Å²) in [6, 6.07) is 4.78. The molecule has 9 heteroatoms. The largest absolute Gasteiger partial charge is 0.390 e. The zero-order valence-corrected chi connectivity index (χ0v) is 18.3. The summed E-state index contributed by atoms with van der Waals surface area (Å²) in [5.74, 6) is -1.80. The van der Waals surface area contributed by atoms with Crippen LogP contribution in [0.15, 0.2) is 23.1 Å². The molecule has 1 saturated carbocycles. The van der Waals surface area contributed by atoms with Crippen molar-refractivity contribution < 1.29 is 22.3 Å². The van der Waals surface area contributed by atoms with Crippen molar-refractivity contribution in [3.63, 3.8) is 0 Å². The van der Waals surface area contributed by atoms with E-state index in [9.17, 15) is 22.3 Å². The van der Waals surface area contributed by atoms with Crippen molar-refractivity contribution >= 4 is 21.1 Å². The second-order valence-electron chi connectivity index (χ2n) is 9.81. The highest BCUT2D eigenvalue weighted by Gasteiger charge is 2.43. The number of β-amino-alcohol motifs (C(OH)–C–C–N with tert-alkyl or cyclic N) is 1. The summed E-state index contributed by atoms with van der Waals surface area (Å²) in [5.41, 5.74) is 1.08. The number of rotatable bonds is 4. The predicted molar refractivity (Wildman–Crippen MR) is 110 cm³/mol. The number of aromatic nitrogens is 2. The van der Waals surface area contributed by atoms with Crippen molar-refractivity contribution in [2.24, 2.45) is 11.3 Å². The lowest BCUT2D eigenvalue weighted by molar-refractivity contribution is -0.0533. The highest BCUT2D eigenvalue weighted by Crippen LogP contribution is 2.48. The van der Waals surface area contributed by atoms with Crippen molar-refractivity contribution in [3.8, 4) is 0 Å². The number of hydrogen-bond donors (Lipinski definition) is 2. The highest BCUT2D eigenvalue weighted by atomic mass is 32.2. The monoisotopic (exact) mass is 441 g/mol. The summed E-state index contributed by atoms with van der Waals surface area (Å²) in [5, 5.41) is 9.43. The Morgan fingerprint density at radius 3 is 2.43 bits per heavy atom. The van der Waals surface area contributed by atoms with Crippen LogP contribution in [-0.2, 0) is 10.0 Å². The fourth-order valence-corrected chi connectivity index (χ4v) is 6.35. The maximum atomic E-state index is 13.7. The second kappa shape index (κ2) is 7.24. The molecule has 1 aromatic heterocycles. The molecule has 0 bridgehead atoms. The van der Waals surface area contributed by atoms with Gasteiger partial charge in [0.1, 0.15) is 5.82 Å². The summed E-state index contributed by atoms with van der Waals surface area (Å²) in [6.07, 6.45) is 0.0745. The SMILES string of the molecule is CC(C)(C)C(c1nc2cc(S(=O)(=O)N3CC(O)C3)ccc2[nH]1)C1CCC(F)(F)CC1. The van der Waals surface area contributed by atoms with Crippen LogP contribution >= 0.6 is 0 Å². The molecule has 6 nitrogen and oxygen atoms in total. The molecule has 1 unspecified atom stereocenters. The van der Waals surface area contributed by atoms with Crippen LogP contribution in [0.2, 0.25) is 0 Å². The van der Waals surface area contributed by atoms with E-state index >= 15 is 0 Å². The van der Waals surface area contributed by atoms with E-state index in [0.29, 0.717) is 18.4 Å². The minimum Gasteiger partial charge on any atom is -0.390 e. The molecule has 30 heavy (non-hydrogen) atoms. The maximum Gasteiger partial charge on any atom is 0.248 e. The summed E-state index contributed by atoms with van der Waals surface area (Å²) in [6.45, 7) is 6.46. The number of H-pyrrole nitrogens is 1. The fraction of sp³-hybridized carbons (Fsp3) is 0.667. The smallest absolute Gasteiger partial charge is 0.248 e. The van der Waals surface area contributed by atoms with Gasteiger partial charge in [-0.05, 0) is 42.4 Å². The summed E-state index contributed by atoms with van der Waals surface area (Å²) in [7, 11) is -3.66. The Morgan fingerprint density at radius 1 is 1.23 bits per heavy atom. The molecule has 0 amide bonds. The molecule has 2 heterocycles. The molecular weight excluding hydrogens is 412 g/mol. The summed E-state index contributed by atoms with van der Waals surface area (Å²) >= 11 is 0. The van der Waals surface area contributed by atoms with Crippen molar-refractivity contribution in [1.82, 2.24) is 14.3 Å². The van der Waals surface area contributed by atoms with Gasteiger partial charge in [-0.25, -0.2) is 22.2 Å². The fourth-order valence-electron chi connectivity index (χ4n) is 4.81. The van der Waals surface area contributed by atoms with Crippen LogP contribution in [0.3, 0.4) is 0 Å². The number of aromatic amines is 1. The van der Waals surface area contributed by atoms with Gasteiger partial charge in [-0.15, -0.1) is 0 Å². The van der Waals surface area contributed by atoms with Crippen molar-refractivity contribution in [2.75, 3.05) is 13.1 Å². The van der Waals surface area contributed by atoms with E-state index in [0.717, 1.165) is 11.3 Å². The zero-order valence-electron chi connectivity index (χ0n) is 17.5. The average molecular weight is 442 g/mol. The third kappa shape index (κ3) is 3.99. The van der Waals surface area contributed by atoms with Gasteiger partial charge in [0.2, 0.25) is 15.9 Å². The lowest BCUT2D eigenvalue weighted by Crippen LogP contribution is -2.53. The number of benzene rings is 1. The first-order chi connectivity index (χ1) is 13.9. The number of alkyl halides is 2. The molecule has 2 fully saturated rings. The van der Waals surface area contributed by atoms with Crippen LogP contribution in [0.4, 0.5) is 8.78 Å². The first kappa shape index (κ1) is 21.6. The van der Waals surface area contributed by atoms with Crippen LogP contribution in [-0.4, -0.2) is 52.9 Å². The number of aliphatic hydroxyl groups is 1. The summed E-state index contributed by atoms with van der Waals surface area (Å²) in [4.78, 5) is 8.17. The highest BCUT2D eigenvalue weighted by molar-refractivity contribution is 7.89. The zero-order chi connectivity index (χ0) is 21.9. The van der Waals surface area contributed by atoms with Crippen LogP contribution in [0.1, 0.15) is 58.2 Å². The Kier molecular flexibility index (Phi) is 5.22. The Morgan fingerprint density at radius 2 is 1.87 bits per heavy atom. The van der Waals surface area contributed by atoms with Crippen molar-refractivity contribution in [1.29, 1.82) is 0 Å². The number of fused-ring (bicyclic) bond motifs is 1. The molecule has 1 atom stereocenters. The van der Waals surface area contributed by atoms with E-state index in [1.807, 2.05) is 0 Å². The third-order valence-electron chi connectivity index (χ3n) is 6.40. The number of hydrogen-bond acceptors (Lipinski definition) is 4. The third-order valence-corrected chi connectivity index (χ3v) is 8.23. The van der Waals surface area contributed by atoms with Gasteiger partial charge in [-0.1, -0.05) is 20.8 Å². The van der Waals surface area contributed by atoms with Gasteiger partial charge in [0.15, 0.2) is 0 Å². The standard InChI is InChI=1S/C21H29F2N3O3S/c1-20(2,3)18(13-6-8-21(22,23)9-7-13)19-24-16-5-4-15(10-17(16)25-19)30(28,29)26-11-14(27)12-26/h4-5,10,13-14,18,27H,6-9,11-12H2,1-3H3,(H,24,25). The van der Waals surface area contributed by atoms with E-state index in [-0.39, 0.29) is 48.1 Å². The van der Waals surface area contributed by atoms with Gasteiger partial charge < -0.3 is 10.1 Å². The van der Waals surface area contributed by atoms with E-state index in [1.165, 1.54) is 10.4 Å². The molecule has 1 aromatic carbocycles. The van der Waals surface area contributed by atoms with Gasteiger partial charge in [-0.3, -0.25) is 0 Å². The average Bonchev–Trinajstić information content (AvgIpc) is 3.01. The molecule has 0 spiro atoms. The predicted octanol–water partition coefficient (Wildman–Crippen LogP) is 3.88. The number of aliphatic hydroxyl groups excluding tert-OH is 1. The molecule has 4 rings (SSSR count). The molecule has 166 valence electrons. The molecule has 2 aromatic rings. The van der Waals surface area contributed by atoms with Gasteiger partial charge >= 0.3 is 0 Å². The molecule has 0 radical (unpaired) electrons. The Hall–Kier alpha value is -1.58. The van der Waals surface area contributed by atoms with E-state index in [4.69, 9.17) is 4.98 Å². The van der Waals surface area contributed by atoms with E-state index in [2.05, 4.69) is 25.8 Å². The van der Waals surface area contributed by atoms with Gasteiger partial charge in [-0.2, -0.15) is 4.31 Å². The number of nitrogens with one attached hydrogen (secondary N) is 1.